The van der Waals surface area contributed by atoms with Crippen LogP contribution in [0.3, 0.4) is 0 Å². The Morgan fingerprint density at radius 3 is 1.41 bits per heavy atom. The molecule has 1 fully saturated rings. The van der Waals surface area contributed by atoms with Gasteiger partial charge in [-0.2, -0.15) is 0 Å². The minimum Gasteiger partial charge on any atom is -0.423 e. The molecule has 0 spiro atoms. The molecule has 0 amide bonds. The minimum atomic E-state index is -1.35. The van der Waals surface area contributed by atoms with Gasteiger partial charge in [-0.25, -0.2) is 0 Å². The molecule has 4 aromatic carbocycles. The molecule has 1 aliphatic carbocycles. The number of hydrogen-bond donors (Lipinski definition) is 5. The summed E-state index contributed by atoms with van der Waals surface area (Å²) in [5, 5.41) is 46.4. The SMILES string of the molecule is CC(C)(C)OB(O)c1ccccc1.CC(C)OB(O)c1ccccc1.CCc1ccc(B(O)O)cc1.OB(OC1CCCCC1)c1ccccc1. The van der Waals surface area contributed by atoms with Crippen LogP contribution in [0.2, 0.25) is 0 Å². The van der Waals surface area contributed by atoms with Crippen molar-refractivity contribution in [2.75, 3.05) is 0 Å². The lowest BCUT2D eigenvalue weighted by molar-refractivity contribution is 0.107. The lowest BCUT2D eigenvalue weighted by atomic mass is 9.78. The van der Waals surface area contributed by atoms with E-state index in [2.05, 4.69) is 6.92 Å². The van der Waals surface area contributed by atoms with Crippen LogP contribution in [0.15, 0.2) is 115 Å². The molecule has 0 heterocycles. The largest absolute Gasteiger partial charge is 0.491 e. The van der Waals surface area contributed by atoms with Crippen molar-refractivity contribution in [1.82, 2.24) is 0 Å². The predicted octanol–water partition coefficient (Wildman–Crippen LogP) is 3.64. The summed E-state index contributed by atoms with van der Waals surface area (Å²) in [5.74, 6) is 0. The Balaban J connectivity index is 0.000000237. The van der Waals surface area contributed by atoms with E-state index in [9.17, 15) is 15.1 Å². The van der Waals surface area contributed by atoms with Gasteiger partial charge in [0, 0.05) is 17.8 Å². The van der Waals surface area contributed by atoms with Crippen molar-refractivity contribution in [2.45, 2.75) is 97.9 Å². The highest BCUT2D eigenvalue weighted by molar-refractivity contribution is 6.60. The van der Waals surface area contributed by atoms with Crippen LogP contribution in [0, 0.1) is 0 Å². The van der Waals surface area contributed by atoms with Gasteiger partial charge in [0.15, 0.2) is 0 Å². The first-order valence-electron chi connectivity index (χ1n) is 17.9. The van der Waals surface area contributed by atoms with Gasteiger partial charge in [0.25, 0.3) is 0 Å². The molecular formula is C39H56B4O8. The van der Waals surface area contributed by atoms with Gasteiger partial charge in [0.2, 0.25) is 0 Å². The summed E-state index contributed by atoms with van der Waals surface area (Å²) in [6.07, 6.45) is 7.20. The van der Waals surface area contributed by atoms with Gasteiger partial charge >= 0.3 is 28.5 Å². The van der Waals surface area contributed by atoms with Crippen LogP contribution in [0.25, 0.3) is 0 Å². The van der Waals surface area contributed by atoms with Gasteiger partial charge in [0.1, 0.15) is 0 Å². The molecule has 0 radical (unpaired) electrons. The quantitative estimate of drug-likeness (QED) is 0.159. The van der Waals surface area contributed by atoms with E-state index in [1.807, 2.05) is 138 Å². The zero-order valence-corrected chi connectivity index (χ0v) is 31.1. The Morgan fingerprint density at radius 1 is 0.588 bits per heavy atom. The van der Waals surface area contributed by atoms with E-state index < -0.39 is 28.5 Å². The maximum atomic E-state index is 9.85. The van der Waals surface area contributed by atoms with Gasteiger partial charge in [-0.15, -0.1) is 0 Å². The van der Waals surface area contributed by atoms with Crippen molar-refractivity contribution in [2.24, 2.45) is 0 Å². The molecule has 0 aliphatic heterocycles. The van der Waals surface area contributed by atoms with E-state index >= 15 is 0 Å². The highest BCUT2D eigenvalue weighted by Crippen LogP contribution is 2.20. The first kappa shape index (κ1) is 44.0. The lowest BCUT2D eigenvalue weighted by Gasteiger charge is -2.23. The van der Waals surface area contributed by atoms with Crippen LogP contribution in [-0.4, -0.2) is 71.4 Å². The summed E-state index contributed by atoms with van der Waals surface area (Å²) >= 11 is 0. The molecule has 0 aromatic heterocycles. The van der Waals surface area contributed by atoms with Crippen LogP contribution in [-0.2, 0) is 20.4 Å². The molecular weight excluding hydrogens is 640 g/mol. The third kappa shape index (κ3) is 19.3. The molecule has 0 unspecified atom stereocenters. The van der Waals surface area contributed by atoms with E-state index in [-0.39, 0.29) is 17.8 Å². The maximum Gasteiger partial charge on any atom is 0.491 e. The molecule has 51 heavy (non-hydrogen) atoms. The Bertz CT molecular complexity index is 1420. The Morgan fingerprint density at radius 2 is 1.02 bits per heavy atom. The normalized spacial score (nSPS) is 12.6. The molecule has 8 nitrogen and oxygen atoms in total. The molecule has 0 saturated heterocycles. The maximum absolute atomic E-state index is 9.85. The van der Waals surface area contributed by atoms with E-state index in [0.717, 1.165) is 35.7 Å². The molecule has 5 N–H and O–H groups in total. The zero-order valence-electron chi connectivity index (χ0n) is 31.1. The van der Waals surface area contributed by atoms with Crippen LogP contribution >= 0.6 is 0 Å². The monoisotopic (exact) mass is 696 g/mol. The Labute approximate surface area is 307 Å². The second kappa shape index (κ2) is 24.1. The van der Waals surface area contributed by atoms with Crippen LogP contribution in [0.1, 0.15) is 79.2 Å². The first-order valence-corrected chi connectivity index (χ1v) is 17.9. The standard InChI is InChI=1S/C12H17BO2.C10H15BO2.C9H13BO2.C8H11BO2/c14-13(11-7-3-1-4-8-11)15-12-9-5-2-6-10-12;1-10(2,3)13-11(12)9-7-5-4-6-8-9;1-8(2)12-10(11)9-6-4-3-5-7-9;1-2-7-3-5-8(6-4-7)9(10)11/h1,3-4,7-8,12,14H,2,5-6,9-10H2;4-8,12H,1-3H3;3-8,11H,1-2H3;3-6,10-11H,2H2,1H3. The van der Waals surface area contributed by atoms with Crippen molar-refractivity contribution < 1.29 is 39.1 Å². The fourth-order valence-electron chi connectivity index (χ4n) is 4.98. The molecule has 0 bridgehead atoms. The van der Waals surface area contributed by atoms with E-state index in [0.29, 0.717) is 5.46 Å². The highest BCUT2D eigenvalue weighted by atomic mass is 16.5. The summed E-state index contributed by atoms with van der Waals surface area (Å²) in [6.45, 7) is 11.6. The fraction of sp³-hybridized carbons (Fsp3) is 0.385. The zero-order chi connectivity index (χ0) is 37.6. The average molecular weight is 696 g/mol. The van der Waals surface area contributed by atoms with E-state index in [4.69, 9.17) is 24.0 Å². The van der Waals surface area contributed by atoms with Gasteiger partial charge < -0.3 is 39.1 Å². The molecule has 5 rings (SSSR count). The van der Waals surface area contributed by atoms with Crippen molar-refractivity contribution in [1.29, 1.82) is 0 Å². The van der Waals surface area contributed by atoms with Crippen LogP contribution < -0.4 is 21.9 Å². The van der Waals surface area contributed by atoms with Crippen LogP contribution in [0.5, 0.6) is 0 Å². The third-order valence-electron chi connectivity index (χ3n) is 7.68. The van der Waals surface area contributed by atoms with Gasteiger partial charge in [-0.3, -0.25) is 0 Å². The van der Waals surface area contributed by atoms with Crippen LogP contribution in [0.4, 0.5) is 0 Å². The summed E-state index contributed by atoms with van der Waals surface area (Å²) in [5.41, 5.74) is 3.86. The molecule has 12 heteroatoms. The molecule has 272 valence electrons. The summed E-state index contributed by atoms with van der Waals surface area (Å²) in [4.78, 5) is 0. The number of aryl methyl sites for hydroxylation is 1. The second-order valence-electron chi connectivity index (χ2n) is 13.6. The van der Waals surface area contributed by atoms with Gasteiger partial charge in [-0.05, 0) is 81.3 Å². The average Bonchev–Trinajstić information content (AvgIpc) is 3.13. The predicted molar refractivity (Wildman–Crippen MR) is 213 cm³/mol. The summed E-state index contributed by atoms with van der Waals surface area (Å²) in [6, 6.07) is 35.5. The summed E-state index contributed by atoms with van der Waals surface area (Å²) in [7, 11) is -3.73. The number of hydrogen-bond acceptors (Lipinski definition) is 8. The minimum absolute atomic E-state index is 0.0419. The van der Waals surface area contributed by atoms with Crippen molar-refractivity contribution in [3.8, 4) is 0 Å². The third-order valence-corrected chi connectivity index (χ3v) is 7.68. The molecule has 1 aliphatic rings. The molecule has 4 aromatic rings. The second-order valence-corrected chi connectivity index (χ2v) is 13.6. The topological polar surface area (TPSA) is 129 Å². The molecule has 1 saturated carbocycles. The highest BCUT2D eigenvalue weighted by Gasteiger charge is 2.24. The van der Waals surface area contributed by atoms with Crippen molar-refractivity contribution in [3.05, 3.63) is 121 Å². The van der Waals surface area contributed by atoms with Gasteiger partial charge in [0.05, 0.1) is 0 Å². The lowest BCUT2D eigenvalue weighted by Crippen LogP contribution is -2.40. The van der Waals surface area contributed by atoms with Crippen molar-refractivity contribution in [3.63, 3.8) is 0 Å². The van der Waals surface area contributed by atoms with E-state index in [1.165, 1.54) is 24.8 Å². The number of benzene rings is 4. The van der Waals surface area contributed by atoms with Crippen molar-refractivity contribution >= 4 is 50.3 Å². The Hall–Kier alpha value is -3.18. The fourth-order valence-corrected chi connectivity index (χ4v) is 4.98. The number of rotatable bonds is 10. The summed E-state index contributed by atoms with van der Waals surface area (Å²) < 4.78 is 16.2. The molecule has 0 atom stereocenters. The Kier molecular flexibility index (Phi) is 20.8. The van der Waals surface area contributed by atoms with E-state index in [1.54, 1.807) is 12.1 Å². The smallest absolute Gasteiger partial charge is 0.423 e. The van der Waals surface area contributed by atoms with Gasteiger partial charge in [-0.1, -0.05) is 141 Å². The first-order chi connectivity index (χ1) is 24.3.